The highest BCUT2D eigenvalue weighted by atomic mass is 32.1. The average Bonchev–Trinajstić information content (AvgIpc) is 3.09. The van der Waals surface area contributed by atoms with E-state index in [1.165, 1.54) is 29.0 Å². The summed E-state index contributed by atoms with van der Waals surface area (Å²) in [5.41, 5.74) is 4.11. The van der Waals surface area contributed by atoms with Crippen LogP contribution in [0.15, 0.2) is 53.9 Å². The number of hydrogen-bond donors (Lipinski definition) is 1. The van der Waals surface area contributed by atoms with Crippen molar-refractivity contribution in [1.29, 1.82) is 0 Å². The van der Waals surface area contributed by atoms with Crippen LogP contribution in [0.2, 0.25) is 0 Å². The molecule has 0 spiro atoms. The summed E-state index contributed by atoms with van der Waals surface area (Å²) < 4.78 is 18.7. The Labute approximate surface area is 156 Å². The van der Waals surface area contributed by atoms with Crippen molar-refractivity contribution in [2.45, 2.75) is 27.0 Å². The van der Waals surface area contributed by atoms with Gasteiger partial charge in [-0.1, -0.05) is 29.8 Å². The van der Waals surface area contributed by atoms with Crippen molar-refractivity contribution in [3.05, 3.63) is 86.9 Å². The quantitative estimate of drug-likeness (QED) is 0.663. The molecule has 0 aliphatic carbocycles. The molecule has 1 heterocycles. The molecular weight excluding hydrogens is 349 g/mol. The molecule has 3 aromatic rings. The average molecular weight is 369 g/mol. The Bertz CT molecular complexity index is 903. The maximum Gasteiger partial charge on any atom is 0.261 e. The topological polar surface area (TPSA) is 38.3 Å². The third-order valence-corrected chi connectivity index (χ3v) is 4.95. The molecule has 0 radical (unpaired) electrons. The van der Waals surface area contributed by atoms with Gasteiger partial charge in [0.1, 0.15) is 18.2 Å². The number of hydrogen-bond acceptors (Lipinski definition) is 3. The fourth-order valence-electron chi connectivity index (χ4n) is 2.56. The first kappa shape index (κ1) is 18.1. The van der Waals surface area contributed by atoms with E-state index in [-0.39, 0.29) is 11.7 Å². The SMILES string of the molecule is Cc1ccc(OCc2csc(C(=O)NCc3ccc(F)cc3)c2)c(C)c1. The summed E-state index contributed by atoms with van der Waals surface area (Å²) in [4.78, 5) is 12.9. The minimum absolute atomic E-state index is 0.142. The first-order chi connectivity index (χ1) is 12.5. The van der Waals surface area contributed by atoms with Crippen LogP contribution in [0.25, 0.3) is 0 Å². The minimum Gasteiger partial charge on any atom is -0.489 e. The lowest BCUT2D eigenvalue weighted by atomic mass is 10.1. The van der Waals surface area contributed by atoms with Gasteiger partial charge in [0.25, 0.3) is 5.91 Å². The lowest BCUT2D eigenvalue weighted by molar-refractivity contribution is 0.0955. The number of ether oxygens (including phenoxy) is 1. The zero-order valence-electron chi connectivity index (χ0n) is 14.7. The van der Waals surface area contributed by atoms with Gasteiger partial charge in [0, 0.05) is 12.1 Å². The van der Waals surface area contributed by atoms with Crippen LogP contribution in [0, 0.1) is 19.7 Å². The summed E-state index contributed by atoms with van der Waals surface area (Å²) in [6.07, 6.45) is 0. The number of aryl methyl sites for hydroxylation is 2. The second-order valence-corrected chi connectivity index (χ2v) is 7.10. The second-order valence-electron chi connectivity index (χ2n) is 6.19. The Morgan fingerprint density at radius 1 is 1.08 bits per heavy atom. The van der Waals surface area contributed by atoms with E-state index in [9.17, 15) is 9.18 Å². The fourth-order valence-corrected chi connectivity index (χ4v) is 3.38. The highest BCUT2D eigenvalue weighted by molar-refractivity contribution is 7.12. The van der Waals surface area contributed by atoms with Gasteiger partial charge in [0.15, 0.2) is 0 Å². The molecule has 5 heteroatoms. The molecule has 3 rings (SSSR count). The van der Waals surface area contributed by atoms with Gasteiger partial charge < -0.3 is 10.1 Å². The number of amides is 1. The lowest BCUT2D eigenvalue weighted by Crippen LogP contribution is -2.21. The molecule has 0 aliphatic rings. The molecule has 26 heavy (non-hydrogen) atoms. The summed E-state index contributed by atoms with van der Waals surface area (Å²) in [6, 6.07) is 14.0. The van der Waals surface area contributed by atoms with Crippen LogP contribution in [0.5, 0.6) is 5.75 Å². The molecule has 0 saturated carbocycles. The number of carbonyl (C=O) groups is 1. The first-order valence-corrected chi connectivity index (χ1v) is 9.19. The molecule has 0 aliphatic heterocycles. The number of rotatable bonds is 6. The van der Waals surface area contributed by atoms with Crippen LogP contribution >= 0.6 is 11.3 Å². The molecule has 1 amide bonds. The largest absolute Gasteiger partial charge is 0.489 e. The van der Waals surface area contributed by atoms with Gasteiger partial charge in [-0.15, -0.1) is 11.3 Å². The number of benzene rings is 2. The lowest BCUT2D eigenvalue weighted by Gasteiger charge is -2.08. The number of thiophene rings is 1. The normalized spacial score (nSPS) is 10.6. The van der Waals surface area contributed by atoms with E-state index >= 15 is 0 Å². The van der Waals surface area contributed by atoms with Crippen molar-refractivity contribution >= 4 is 17.2 Å². The molecular formula is C21H20FNO2S. The molecule has 0 fully saturated rings. The van der Waals surface area contributed by atoms with Crippen molar-refractivity contribution < 1.29 is 13.9 Å². The van der Waals surface area contributed by atoms with E-state index in [0.29, 0.717) is 18.0 Å². The Hall–Kier alpha value is -2.66. The van der Waals surface area contributed by atoms with Crippen molar-refractivity contribution in [3.63, 3.8) is 0 Å². The van der Waals surface area contributed by atoms with Crippen LogP contribution < -0.4 is 10.1 Å². The zero-order chi connectivity index (χ0) is 18.5. The molecule has 2 aromatic carbocycles. The van der Waals surface area contributed by atoms with Gasteiger partial charge in [-0.3, -0.25) is 4.79 Å². The van der Waals surface area contributed by atoms with E-state index in [2.05, 4.69) is 11.4 Å². The summed E-state index contributed by atoms with van der Waals surface area (Å²) >= 11 is 1.38. The Morgan fingerprint density at radius 3 is 2.58 bits per heavy atom. The summed E-state index contributed by atoms with van der Waals surface area (Å²) in [6.45, 7) is 4.85. The van der Waals surface area contributed by atoms with Gasteiger partial charge in [0.2, 0.25) is 0 Å². The number of nitrogens with one attached hydrogen (secondary N) is 1. The van der Waals surface area contributed by atoms with Crippen LogP contribution in [-0.2, 0) is 13.2 Å². The standard InChI is InChI=1S/C21H20FNO2S/c1-14-3-8-19(15(2)9-14)25-12-17-10-20(26-13-17)21(24)23-11-16-4-6-18(22)7-5-16/h3-10,13H,11-12H2,1-2H3,(H,23,24). The van der Waals surface area contributed by atoms with E-state index in [1.54, 1.807) is 12.1 Å². The molecule has 0 saturated heterocycles. The van der Waals surface area contributed by atoms with Crippen LogP contribution in [-0.4, -0.2) is 5.91 Å². The van der Waals surface area contributed by atoms with E-state index in [1.807, 2.05) is 37.4 Å². The third-order valence-electron chi connectivity index (χ3n) is 3.97. The highest BCUT2D eigenvalue weighted by Gasteiger charge is 2.10. The molecule has 0 unspecified atom stereocenters. The van der Waals surface area contributed by atoms with Gasteiger partial charge in [-0.05, 0) is 54.6 Å². The summed E-state index contributed by atoms with van der Waals surface area (Å²) in [5.74, 6) is 0.424. The van der Waals surface area contributed by atoms with Gasteiger partial charge >= 0.3 is 0 Å². The highest BCUT2D eigenvalue weighted by Crippen LogP contribution is 2.22. The van der Waals surface area contributed by atoms with Gasteiger partial charge in [-0.2, -0.15) is 0 Å². The summed E-state index contributed by atoms with van der Waals surface area (Å²) in [7, 11) is 0. The molecule has 134 valence electrons. The van der Waals surface area contributed by atoms with E-state index in [4.69, 9.17) is 4.74 Å². The zero-order valence-corrected chi connectivity index (χ0v) is 15.5. The smallest absolute Gasteiger partial charge is 0.261 e. The van der Waals surface area contributed by atoms with Crippen LogP contribution in [0.1, 0.15) is 31.9 Å². The molecule has 1 aromatic heterocycles. The summed E-state index contributed by atoms with van der Waals surface area (Å²) in [5, 5.41) is 4.77. The number of halogens is 1. The van der Waals surface area contributed by atoms with E-state index in [0.717, 1.165) is 22.4 Å². The predicted molar refractivity (Wildman–Crippen MR) is 102 cm³/mol. The molecule has 0 atom stereocenters. The van der Waals surface area contributed by atoms with E-state index < -0.39 is 0 Å². The maximum absolute atomic E-state index is 12.9. The van der Waals surface area contributed by atoms with Crippen LogP contribution in [0.4, 0.5) is 4.39 Å². The van der Waals surface area contributed by atoms with Crippen LogP contribution in [0.3, 0.4) is 0 Å². The second kappa shape index (κ2) is 8.15. The van der Waals surface area contributed by atoms with Crippen molar-refractivity contribution in [3.8, 4) is 5.75 Å². The van der Waals surface area contributed by atoms with Gasteiger partial charge in [-0.25, -0.2) is 4.39 Å². The molecule has 0 bridgehead atoms. The maximum atomic E-state index is 12.9. The first-order valence-electron chi connectivity index (χ1n) is 8.31. The van der Waals surface area contributed by atoms with Gasteiger partial charge in [0.05, 0.1) is 4.88 Å². The molecule has 3 nitrogen and oxygen atoms in total. The molecule has 1 N–H and O–H groups in total. The third kappa shape index (κ3) is 4.70. The predicted octanol–water partition coefficient (Wildman–Crippen LogP) is 5.01. The minimum atomic E-state index is -0.285. The Kier molecular flexibility index (Phi) is 5.68. The Balaban J connectivity index is 1.55. The Morgan fingerprint density at radius 2 is 1.85 bits per heavy atom. The number of carbonyl (C=O) groups excluding carboxylic acids is 1. The van der Waals surface area contributed by atoms with Crippen molar-refractivity contribution in [2.75, 3.05) is 0 Å². The van der Waals surface area contributed by atoms with Crippen molar-refractivity contribution in [2.24, 2.45) is 0 Å². The fraction of sp³-hybridized carbons (Fsp3) is 0.190. The van der Waals surface area contributed by atoms with Crippen molar-refractivity contribution in [1.82, 2.24) is 5.32 Å². The monoisotopic (exact) mass is 369 g/mol.